The fraction of sp³-hybridized carbons (Fsp3) is 0.515. The standard InChI is InChI=1S/C33H38O6/c1-17(2)9-10-21-27-20(12-13-30(5,6)37-27)25(34)24-26(35)22-15-19-16-23-31(7,8)39-32(29(19)36,14-11-18(3)4)33(22,23)38-28(21)24/h9,11-13,15,19,23,34H,10,14,16H2,1-8H3/t19-,23?,32-,33-/m1/s1. The van der Waals surface area contributed by atoms with E-state index in [0.29, 0.717) is 47.5 Å². The van der Waals surface area contributed by atoms with Crippen LogP contribution in [0.4, 0.5) is 0 Å². The molecule has 1 saturated heterocycles. The number of ether oxygens (including phenoxy) is 3. The molecule has 4 atom stereocenters. The molecule has 4 bridgehead atoms. The molecule has 39 heavy (non-hydrogen) atoms. The van der Waals surface area contributed by atoms with Crippen molar-refractivity contribution in [3.63, 3.8) is 0 Å². The first-order valence-corrected chi connectivity index (χ1v) is 13.9. The summed E-state index contributed by atoms with van der Waals surface area (Å²) >= 11 is 0. The van der Waals surface area contributed by atoms with Gasteiger partial charge < -0.3 is 19.3 Å². The Balaban J connectivity index is 1.67. The Morgan fingerprint density at radius 3 is 2.38 bits per heavy atom. The predicted molar refractivity (Wildman–Crippen MR) is 149 cm³/mol. The Hall–Kier alpha value is -3.12. The Morgan fingerprint density at radius 2 is 1.72 bits per heavy atom. The molecule has 3 aliphatic carbocycles. The van der Waals surface area contributed by atoms with Crippen molar-refractivity contribution in [3.05, 3.63) is 57.7 Å². The molecule has 1 saturated carbocycles. The lowest BCUT2D eigenvalue weighted by atomic mass is 9.51. The second kappa shape index (κ2) is 7.97. The Bertz CT molecular complexity index is 1460. The zero-order chi connectivity index (χ0) is 28.3. The van der Waals surface area contributed by atoms with E-state index in [1.165, 1.54) is 0 Å². The molecule has 0 amide bonds. The third-order valence-corrected chi connectivity index (χ3v) is 9.13. The molecule has 6 heteroatoms. The number of carbonyl (C=O) groups is 2. The number of aromatic hydroxyl groups is 1. The van der Waals surface area contributed by atoms with Crippen LogP contribution in [-0.2, 0) is 16.0 Å². The zero-order valence-corrected chi connectivity index (χ0v) is 24.2. The topological polar surface area (TPSA) is 82.1 Å². The smallest absolute Gasteiger partial charge is 0.200 e. The van der Waals surface area contributed by atoms with Crippen molar-refractivity contribution in [2.45, 2.75) is 97.1 Å². The van der Waals surface area contributed by atoms with Crippen LogP contribution in [-0.4, -0.2) is 39.1 Å². The van der Waals surface area contributed by atoms with Crippen LogP contribution < -0.4 is 9.47 Å². The molecule has 6 nitrogen and oxygen atoms in total. The molecule has 1 spiro atoms. The van der Waals surface area contributed by atoms with E-state index in [9.17, 15) is 14.7 Å². The second-order valence-electron chi connectivity index (χ2n) is 13.3. The zero-order valence-electron chi connectivity index (χ0n) is 24.2. The van der Waals surface area contributed by atoms with Crippen molar-refractivity contribution >= 4 is 17.6 Å². The fourth-order valence-corrected chi connectivity index (χ4v) is 7.41. The van der Waals surface area contributed by atoms with Gasteiger partial charge in [0.2, 0.25) is 0 Å². The summed E-state index contributed by atoms with van der Waals surface area (Å²) in [7, 11) is 0. The number of hydrogen-bond donors (Lipinski definition) is 1. The number of Topliss-reactive ketones (excluding diaryl/α,β-unsaturated/α-hetero) is 2. The van der Waals surface area contributed by atoms with E-state index >= 15 is 0 Å². The van der Waals surface area contributed by atoms with Gasteiger partial charge in [0, 0.05) is 29.4 Å². The van der Waals surface area contributed by atoms with Gasteiger partial charge >= 0.3 is 0 Å². The summed E-state index contributed by atoms with van der Waals surface area (Å²) in [6.07, 6.45) is 10.9. The first-order chi connectivity index (χ1) is 18.1. The largest absolute Gasteiger partial charge is 0.506 e. The van der Waals surface area contributed by atoms with Gasteiger partial charge in [-0.05, 0) is 80.4 Å². The van der Waals surface area contributed by atoms with E-state index in [0.717, 1.165) is 11.1 Å². The lowest BCUT2D eigenvalue weighted by Gasteiger charge is -2.56. The van der Waals surface area contributed by atoms with E-state index < -0.39 is 28.3 Å². The quantitative estimate of drug-likeness (QED) is 0.451. The minimum absolute atomic E-state index is 0.0322. The summed E-state index contributed by atoms with van der Waals surface area (Å²) in [5, 5.41) is 11.5. The molecular weight excluding hydrogens is 492 g/mol. The average Bonchev–Trinajstić information content (AvgIpc) is 2.99. The van der Waals surface area contributed by atoms with Crippen LogP contribution in [0.25, 0.3) is 6.08 Å². The monoisotopic (exact) mass is 530 g/mol. The normalized spacial score (nSPS) is 31.8. The van der Waals surface area contributed by atoms with E-state index in [1.54, 1.807) is 6.08 Å². The highest BCUT2D eigenvalue weighted by atomic mass is 16.6. The molecule has 1 aromatic rings. The number of hydrogen-bond acceptors (Lipinski definition) is 6. The van der Waals surface area contributed by atoms with Crippen LogP contribution >= 0.6 is 0 Å². The van der Waals surface area contributed by atoms with E-state index in [4.69, 9.17) is 14.2 Å². The van der Waals surface area contributed by atoms with Gasteiger partial charge in [0.25, 0.3) is 0 Å². The molecular formula is C33H38O6. The van der Waals surface area contributed by atoms with Crippen molar-refractivity contribution in [3.8, 4) is 17.2 Å². The van der Waals surface area contributed by atoms with Crippen molar-refractivity contribution in [1.29, 1.82) is 0 Å². The highest BCUT2D eigenvalue weighted by Crippen LogP contribution is 2.68. The van der Waals surface area contributed by atoms with Crippen molar-refractivity contribution in [1.82, 2.24) is 0 Å². The highest BCUT2D eigenvalue weighted by Gasteiger charge is 2.81. The minimum atomic E-state index is -1.34. The molecule has 3 aliphatic heterocycles. The van der Waals surface area contributed by atoms with Gasteiger partial charge in [0.05, 0.1) is 11.2 Å². The van der Waals surface area contributed by atoms with Crippen LogP contribution in [0, 0.1) is 11.8 Å². The lowest BCUT2D eigenvalue weighted by Crippen LogP contribution is -2.72. The fourth-order valence-electron chi connectivity index (χ4n) is 7.41. The van der Waals surface area contributed by atoms with Gasteiger partial charge in [-0.3, -0.25) is 9.59 Å². The number of benzene rings is 1. The summed E-state index contributed by atoms with van der Waals surface area (Å²) in [5.41, 5.74) is -0.00322. The van der Waals surface area contributed by atoms with Crippen LogP contribution in [0.3, 0.4) is 0 Å². The highest BCUT2D eigenvalue weighted by molar-refractivity contribution is 6.19. The summed E-state index contributed by atoms with van der Waals surface area (Å²) in [6.45, 7) is 15.9. The maximum absolute atomic E-state index is 14.5. The second-order valence-corrected chi connectivity index (χ2v) is 13.3. The molecule has 2 fully saturated rings. The summed E-state index contributed by atoms with van der Waals surface area (Å²) in [6, 6.07) is 0. The minimum Gasteiger partial charge on any atom is -0.506 e. The van der Waals surface area contributed by atoms with E-state index in [-0.39, 0.29) is 28.8 Å². The van der Waals surface area contributed by atoms with Gasteiger partial charge in [0.1, 0.15) is 28.4 Å². The van der Waals surface area contributed by atoms with E-state index in [1.807, 2.05) is 73.6 Å². The number of phenols is 1. The lowest BCUT2D eigenvalue weighted by molar-refractivity contribution is -0.171. The SMILES string of the molecule is CC(C)=CCc1c2c(c(O)c3c1O[C@]14C(=C[C@@H]5CC1C(C)(C)O[C@]4(CC=C(C)C)C5=O)C3=O)C=CC(C)(C)O2. The summed E-state index contributed by atoms with van der Waals surface area (Å²) in [4.78, 5) is 28.6. The summed E-state index contributed by atoms with van der Waals surface area (Å²) < 4.78 is 20.3. The van der Waals surface area contributed by atoms with Gasteiger partial charge in [-0.2, -0.15) is 0 Å². The molecule has 7 rings (SSSR count). The van der Waals surface area contributed by atoms with Crippen LogP contribution in [0.5, 0.6) is 17.2 Å². The van der Waals surface area contributed by atoms with Gasteiger partial charge in [-0.1, -0.05) is 29.4 Å². The Labute approximate surface area is 230 Å². The maximum atomic E-state index is 14.5. The first kappa shape index (κ1) is 26.1. The van der Waals surface area contributed by atoms with Crippen LogP contribution in [0.2, 0.25) is 0 Å². The molecule has 0 radical (unpaired) electrons. The Kier molecular flexibility index (Phi) is 5.34. The van der Waals surface area contributed by atoms with Crippen molar-refractivity contribution < 1.29 is 28.9 Å². The van der Waals surface area contributed by atoms with Crippen molar-refractivity contribution in [2.75, 3.05) is 0 Å². The maximum Gasteiger partial charge on any atom is 0.200 e. The van der Waals surface area contributed by atoms with E-state index in [2.05, 4.69) is 6.08 Å². The number of fused-ring (bicyclic) bond motifs is 2. The average molecular weight is 531 g/mol. The third-order valence-electron chi connectivity index (χ3n) is 9.13. The number of phenolic OH excluding ortho intramolecular Hbond substituents is 1. The van der Waals surface area contributed by atoms with Gasteiger partial charge in [-0.15, -0.1) is 0 Å². The van der Waals surface area contributed by atoms with Crippen LogP contribution in [0.1, 0.15) is 89.7 Å². The number of allylic oxidation sites excluding steroid dienone is 4. The molecule has 206 valence electrons. The van der Waals surface area contributed by atoms with Crippen molar-refractivity contribution in [2.24, 2.45) is 11.8 Å². The number of rotatable bonds is 4. The molecule has 1 N–H and O–H groups in total. The molecule has 1 unspecified atom stereocenters. The van der Waals surface area contributed by atoms with Gasteiger partial charge in [0.15, 0.2) is 22.8 Å². The van der Waals surface area contributed by atoms with Gasteiger partial charge in [-0.25, -0.2) is 0 Å². The first-order valence-electron chi connectivity index (χ1n) is 13.9. The molecule has 0 aromatic heterocycles. The molecule has 1 aromatic carbocycles. The Morgan fingerprint density at radius 1 is 1.03 bits per heavy atom. The summed E-state index contributed by atoms with van der Waals surface area (Å²) in [5.74, 6) is -0.308. The third kappa shape index (κ3) is 3.30. The number of ketones is 2. The predicted octanol–water partition coefficient (Wildman–Crippen LogP) is 6.45. The number of carbonyl (C=O) groups excluding carboxylic acids is 2. The molecule has 3 heterocycles. The molecule has 6 aliphatic rings. The van der Waals surface area contributed by atoms with Crippen LogP contribution in [0.15, 0.2) is 41.0 Å².